The van der Waals surface area contributed by atoms with Crippen molar-refractivity contribution in [2.45, 2.75) is 96.5 Å². The number of unbranched alkanes of at least 4 members (excludes halogenated alkanes) is 2. The molecule has 0 aromatic heterocycles. The van der Waals surface area contributed by atoms with Crippen molar-refractivity contribution < 1.29 is 19.7 Å². The lowest BCUT2D eigenvalue weighted by Gasteiger charge is -2.56. The predicted molar refractivity (Wildman–Crippen MR) is 118 cm³/mol. The van der Waals surface area contributed by atoms with Gasteiger partial charge in [-0.1, -0.05) is 6.92 Å². The lowest BCUT2D eigenvalue weighted by molar-refractivity contribution is -0.136. The summed E-state index contributed by atoms with van der Waals surface area (Å²) in [6.07, 6.45) is 13.2. The third-order valence-electron chi connectivity index (χ3n) is 9.82. The van der Waals surface area contributed by atoms with Gasteiger partial charge in [0.2, 0.25) is 0 Å². The van der Waals surface area contributed by atoms with E-state index in [0.717, 1.165) is 62.2 Å². The molecule has 0 radical (unpaired) electrons. The van der Waals surface area contributed by atoms with E-state index in [1.807, 2.05) is 6.92 Å². The molecule has 0 aromatic rings. The average Bonchev–Trinajstić information content (AvgIpc) is 3.06. The Hall–Kier alpha value is -0.450. The molecule has 0 heterocycles. The maximum absolute atomic E-state index is 13.1. The number of hydrogen-bond acceptors (Lipinski definition) is 4. The van der Waals surface area contributed by atoms with Crippen molar-refractivity contribution in [2.24, 2.45) is 40.9 Å². The normalized spacial score (nSPS) is 45.5. The van der Waals surface area contributed by atoms with Crippen LogP contribution in [0.4, 0.5) is 0 Å². The Labute approximate surface area is 183 Å². The average molecular weight is 421 g/mol. The fourth-order valence-electron chi connectivity index (χ4n) is 8.38. The van der Waals surface area contributed by atoms with Crippen molar-refractivity contribution in [3.05, 3.63) is 0 Å². The van der Waals surface area contributed by atoms with Crippen LogP contribution in [-0.4, -0.2) is 41.4 Å². The van der Waals surface area contributed by atoms with Crippen LogP contribution >= 0.6 is 0 Å². The first-order chi connectivity index (χ1) is 14.4. The molecule has 4 nitrogen and oxygen atoms in total. The first kappa shape index (κ1) is 22.7. The van der Waals surface area contributed by atoms with Crippen LogP contribution in [0.25, 0.3) is 0 Å². The Bertz CT molecular complexity index is 602. The molecule has 4 aliphatic rings. The van der Waals surface area contributed by atoms with E-state index in [2.05, 4.69) is 6.92 Å². The number of ether oxygens (including phenoxy) is 1. The van der Waals surface area contributed by atoms with E-state index in [9.17, 15) is 9.90 Å². The minimum Gasteiger partial charge on any atom is -0.396 e. The number of rotatable bonds is 8. The van der Waals surface area contributed by atoms with Gasteiger partial charge in [-0.3, -0.25) is 4.79 Å². The number of ketones is 1. The van der Waals surface area contributed by atoms with Crippen molar-refractivity contribution in [1.29, 1.82) is 0 Å². The standard InChI is InChI=1S/C26H44O4/c1-25(29)12-10-19-18(16-25)6-7-21-20(19)11-13-26(2)22(21)8-9-23(26)24(28)17-30-15-5-3-4-14-27/h18-23,27,29H,3-17H2,1-2H3/t18-,19+,20-,21-,22+,23-,25-,26+/m1/s1. The Balaban J connectivity index is 1.34. The van der Waals surface area contributed by atoms with Crippen molar-refractivity contribution in [3.63, 3.8) is 0 Å². The molecule has 4 aliphatic carbocycles. The Morgan fingerprint density at radius 1 is 0.933 bits per heavy atom. The number of Topliss-reactive ketones (excluding diaryl/α,β-unsaturated/α-hetero) is 1. The van der Waals surface area contributed by atoms with Crippen molar-refractivity contribution >= 4 is 5.78 Å². The molecule has 0 amide bonds. The molecule has 4 rings (SSSR count). The molecule has 8 atom stereocenters. The second-order valence-corrected chi connectivity index (χ2v) is 11.7. The second kappa shape index (κ2) is 9.19. The Kier molecular flexibility index (Phi) is 6.97. The minimum absolute atomic E-state index is 0.172. The van der Waals surface area contributed by atoms with Gasteiger partial charge in [0, 0.05) is 19.1 Å². The summed E-state index contributed by atoms with van der Waals surface area (Å²) in [6, 6.07) is 0. The van der Waals surface area contributed by atoms with E-state index >= 15 is 0 Å². The number of carbonyl (C=O) groups is 1. The van der Waals surface area contributed by atoms with Crippen LogP contribution in [0.1, 0.15) is 90.9 Å². The molecule has 172 valence electrons. The fourth-order valence-corrected chi connectivity index (χ4v) is 8.38. The minimum atomic E-state index is -0.444. The van der Waals surface area contributed by atoms with Crippen LogP contribution in [0.3, 0.4) is 0 Å². The van der Waals surface area contributed by atoms with Crippen LogP contribution in [0.5, 0.6) is 0 Å². The van der Waals surface area contributed by atoms with E-state index in [-0.39, 0.29) is 24.5 Å². The lowest BCUT2D eigenvalue weighted by Crippen LogP contribution is -2.51. The van der Waals surface area contributed by atoms with Gasteiger partial charge in [-0.2, -0.15) is 0 Å². The van der Waals surface area contributed by atoms with E-state index in [1.165, 1.54) is 38.5 Å². The molecule has 4 saturated carbocycles. The molecule has 0 aromatic carbocycles. The largest absolute Gasteiger partial charge is 0.396 e. The summed E-state index contributed by atoms with van der Waals surface area (Å²) in [5, 5.41) is 19.4. The summed E-state index contributed by atoms with van der Waals surface area (Å²) in [7, 11) is 0. The Morgan fingerprint density at radius 2 is 1.73 bits per heavy atom. The second-order valence-electron chi connectivity index (χ2n) is 11.7. The summed E-state index contributed by atoms with van der Waals surface area (Å²) in [4.78, 5) is 13.1. The van der Waals surface area contributed by atoms with E-state index in [1.54, 1.807) is 0 Å². The molecule has 0 saturated heterocycles. The zero-order valence-electron chi connectivity index (χ0n) is 19.3. The molecular weight excluding hydrogens is 376 g/mol. The zero-order chi connectivity index (χ0) is 21.4. The molecule has 0 bridgehead atoms. The van der Waals surface area contributed by atoms with Crippen LogP contribution in [0, 0.1) is 40.9 Å². The predicted octanol–water partition coefficient (Wildman–Crippen LogP) is 4.75. The highest BCUT2D eigenvalue weighted by molar-refractivity contribution is 5.83. The molecule has 0 unspecified atom stereocenters. The molecule has 2 N–H and O–H groups in total. The number of carbonyl (C=O) groups excluding carboxylic acids is 1. The van der Waals surface area contributed by atoms with Gasteiger partial charge >= 0.3 is 0 Å². The SMILES string of the molecule is C[C@@]1(O)CC[C@H]2[C@H](CC[C@@H]3[C@@H]2CC[C@]2(C)[C@@H](C(=O)COCCCCCO)CC[C@@H]32)C1. The van der Waals surface area contributed by atoms with Crippen molar-refractivity contribution in [3.8, 4) is 0 Å². The third kappa shape index (κ3) is 4.38. The molecule has 0 spiro atoms. The summed E-state index contributed by atoms with van der Waals surface area (Å²) >= 11 is 0. The summed E-state index contributed by atoms with van der Waals surface area (Å²) in [5.41, 5.74) is -0.272. The summed E-state index contributed by atoms with van der Waals surface area (Å²) in [6.45, 7) is 5.61. The first-order valence-electron chi connectivity index (χ1n) is 12.8. The molecule has 0 aliphatic heterocycles. The third-order valence-corrected chi connectivity index (χ3v) is 9.82. The highest BCUT2D eigenvalue weighted by atomic mass is 16.5. The van der Waals surface area contributed by atoms with Crippen LogP contribution in [0.2, 0.25) is 0 Å². The van der Waals surface area contributed by atoms with Gasteiger partial charge in [0.1, 0.15) is 6.61 Å². The monoisotopic (exact) mass is 420 g/mol. The zero-order valence-corrected chi connectivity index (χ0v) is 19.3. The van der Waals surface area contributed by atoms with Gasteiger partial charge in [0.15, 0.2) is 5.78 Å². The van der Waals surface area contributed by atoms with E-state index in [4.69, 9.17) is 9.84 Å². The molecular formula is C26H44O4. The number of aliphatic hydroxyl groups excluding tert-OH is 1. The smallest absolute Gasteiger partial charge is 0.162 e. The van der Waals surface area contributed by atoms with Gasteiger partial charge < -0.3 is 14.9 Å². The van der Waals surface area contributed by atoms with Crippen LogP contribution in [0.15, 0.2) is 0 Å². The number of aliphatic hydroxyl groups is 2. The lowest BCUT2D eigenvalue weighted by atomic mass is 9.49. The van der Waals surface area contributed by atoms with E-state index in [0.29, 0.717) is 18.3 Å². The van der Waals surface area contributed by atoms with Gasteiger partial charge in [-0.05, 0) is 119 Å². The quantitative estimate of drug-likeness (QED) is 0.556. The van der Waals surface area contributed by atoms with Crippen LogP contribution in [-0.2, 0) is 9.53 Å². The molecule has 4 heteroatoms. The van der Waals surface area contributed by atoms with Gasteiger partial charge in [0.05, 0.1) is 5.60 Å². The maximum Gasteiger partial charge on any atom is 0.162 e. The highest BCUT2D eigenvalue weighted by Gasteiger charge is 2.58. The molecule has 30 heavy (non-hydrogen) atoms. The van der Waals surface area contributed by atoms with E-state index < -0.39 is 5.60 Å². The maximum atomic E-state index is 13.1. The topological polar surface area (TPSA) is 66.8 Å². The van der Waals surface area contributed by atoms with Crippen molar-refractivity contribution in [1.82, 2.24) is 0 Å². The van der Waals surface area contributed by atoms with Gasteiger partial charge in [-0.25, -0.2) is 0 Å². The van der Waals surface area contributed by atoms with Gasteiger partial charge in [-0.15, -0.1) is 0 Å². The fraction of sp³-hybridized carbons (Fsp3) is 0.962. The Morgan fingerprint density at radius 3 is 2.53 bits per heavy atom. The number of fused-ring (bicyclic) bond motifs is 5. The van der Waals surface area contributed by atoms with Gasteiger partial charge in [0.25, 0.3) is 0 Å². The number of hydrogen-bond donors (Lipinski definition) is 2. The van der Waals surface area contributed by atoms with Crippen molar-refractivity contribution in [2.75, 3.05) is 19.8 Å². The first-order valence-corrected chi connectivity index (χ1v) is 12.8. The van der Waals surface area contributed by atoms with Crippen LogP contribution < -0.4 is 0 Å². The highest BCUT2D eigenvalue weighted by Crippen LogP contribution is 2.64. The summed E-state index contributed by atoms with van der Waals surface area (Å²) < 4.78 is 5.72. The molecule has 4 fully saturated rings. The summed E-state index contributed by atoms with van der Waals surface area (Å²) in [5.74, 6) is 4.38.